The number of ether oxygens (including phenoxy) is 2. The first kappa shape index (κ1) is 15.4. The molecule has 0 unspecified atom stereocenters. The van der Waals surface area contributed by atoms with Gasteiger partial charge in [0.05, 0.1) is 27.9 Å². The second kappa shape index (κ2) is 4.77. The molecule has 112 valence electrons. The van der Waals surface area contributed by atoms with E-state index in [1.54, 1.807) is 0 Å². The van der Waals surface area contributed by atoms with Gasteiger partial charge in [-0.25, -0.2) is 8.93 Å². The van der Waals surface area contributed by atoms with Crippen LogP contribution in [0.4, 0.5) is 0 Å². The van der Waals surface area contributed by atoms with Gasteiger partial charge in [-0.15, -0.1) is 0 Å². The third kappa shape index (κ3) is 2.88. The lowest BCUT2D eigenvalue weighted by Crippen LogP contribution is -2.47. The molecule has 1 aliphatic carbocycles. The molecular weight excluding hydrogens is 266 g/mol. The van der Waals surface area contributed by atoms with Crippen LogP contribution in [0.2, 0.25) is 0 Å². The molecule has 2 fully saturated rings. The average molecular weight is 291 g/mol. The molecule has 6 heteroatoms. The monoisotopic (exact) mass is 291 g/mol. The van der Waals surface area contributed by atoms with E-state index in [-0.39, 0.29) is 28.9 Å². The Bertz CT molecular complexity index is 379. The lowest BCUT2D eigenvalue weighted by molar-refractivity contribution is -0.168. The Balaban J connectivity index is 2.14. The summed E-state index contributed by atoms with van der Waals surface area (Å²) < 4.78 is 26.6. The molecule has 2 aliphatic rings. The van der Waals surface area contributed by atoms with Crippen LogP contribution in [0.1, 0.15) is 41.5 Å². The van der Waals surface area contributed by atoms with Gasteiger partial charge >= 0.3 is 0 Å². The van der Waals surface area contributed by atoms with Crippen molar-refractivity contribution in [2.75, 3.05) is 0 Å². The third-order valence-corrected chi connectivity index (χ3v) is 5.36. The number of nitrogens with one attached hydrogen (secondary N) is 1. The number of aliphatic hydroxyl groups excluding tert-OH is 1. The van der Waals surface area contributed by atoms with Gasteiger partial charge in [-0.05, 0) is 34.6 Å². The van der Waals surface area contributed by atoms with E-state index < -0.39 is 22.9 Å². The van der Waals surface area contributed by atoms with Crippen LogP contribution in [0.25, 0.3) is 0 Å². The van der Waals surface area contributed by atoms with Crippen LogP contribution in [0.3, 0.4) is 0 Å². The minimum Gasteiger partial charge on any atom is -0.390 e. The fourth-order valence-corrected chi connectivity index (χ4v) is 3.59. The van der Waals surface area contributed by atoms with Crippen molar-refractivity contribution in [1.29, 1.82) is 0 Å². The van der Waals surface area contributed by atoms with E-state index in [0.717, 1.165) is 0 Å². The quantitative estimate of drug-likeness (QED) is 0.794. The van der Waals surface area contributed by atoms with Gasteiger partial charge in [-0.1, -0.05) is 6.92 Å². The third-order valence-electron chi connectivity index (χ3n) is 3.76. The predicted octanol–water partition coefficient (Wildman–Crippen LogP) is 0.937. The second-order valence-electron chi connectivity index (χ2n) is 6.94. The summed E-state index contributed by atoms with van der Waals surface area (Å²) >= 11 is 0. The Hall–Kier alpha value is -0.0100. The standard InChI is InChI=1S/C13H25NO4S/c1-7-8(14-19(16)12(2,3)4)10-11(9(7)15)18-13(5,6)17-10/h7-11,14-15H,1-6H3/t7-,8+,9-,10-,11+,19-/m1/s1. The molecule has 1 aliphatic heterocycles. The maximum Gasteiger partial charge on any atom is 0.163 e. The summed E-state index contributed by atoms with van der Waals surface area (Å²) in [4.78, 5) is 0. The maximum absolute atomic E-state index is 12.2. The first-order chi connectivity index (χ1) is 8.53. The summed E-state index contributed by atoms with van der Waals surface area (Å²) in [5.41, 5.74) is 0. The van der Waals surface area contributed by atoms with Crippen molar-refractivity contribution >= 4 is 11.0 Å². The van der Waals surface area contributed by atoms with Crippen molar-refractivity contribution in [2.45, 2.75) is 76.4 Å². The number of hydrogen-bond donors (Lipinski definition) is 2. The van der Waals surface area contributed by atoms with Gasteiger partial charge < -0.3 is 14.6 Å². The molecule has 0 aromatic rings. The highest BCUT2D eigenvalue weighted by molar-refractivity contribution is 7.84. The zero-order valence-electron chi connectivity index (χ0n) is 12.5. The van der Waals surface area contributed by atoms with Crippen molar-refractivity contribution < 1.29 is 18.8 Å². The van der Waals surface area contributed by atoms with E-state index in [4.69, 9.17) is 9.47 Å². The normalized spacial score (nSPS) is 43.2. The van der Waals surface area contributed by atoms with E-state index in [1.165, 1.54) is 0 Å². The van der Waals surface area contributed by atoms with Gasteiger partial charge in [-0.3, -0.25) is 0 Å². The van der Waals surface area contributed by atoms with E-state index in [2.05, 4.69) is 4.72 Å². The van der Waals surface area contributed by atoms with Crippen LogP contribution < -0.4 is 4.72 Å². The molecule has 2 N–H and O–H groups in total. The van der Waals surface area contributed by atoms with E-state index in [0.29, 0.717) is 0 Å². The molecule has 6 atom stereocenters. The SMILES string of the molecule is C[C@H]1[C@@H](O)[C@@H]2OC(C)(C)O[C@@H]2[C@H]1N[S@](=O)C(C)(C)C. The zero-order chi connectivity index (χ0) is 14.6. The highest BCUT2D eigenvalue weighted by atomic mass is 32.2. The molecular formula is C13H25NO4S. The topological polar surface area (TPSA) is 67.8 Å². The van der Waals surface area contributed by atoms with Crippen LogP contribution in [0.15, 0.2) is 0 Å². The maximum atomic E-state index is 12.2. The Morgan fingerprint density at radius 2 is 1.74 bits per heavy atom. The first-order valence-electron chi connectivity index (χ1n) is 6.75. The summed E-state index contributed by atoms with van der Waals surface area (Å²) in [6, 6.07) is -0.165. The fraction of sp³-hybridized carbons (Fsp3) is 1.00. The number of hydrogen-bond acceptors (Lipinski definition) is 4. The van der Waals surface area contributed by atoms with Gasteiger partial charge in [0, 0.05) is 5.92 Å². The van der Waals surface area contributed by atoms with Crippen LogP contribution >= 0.6 is 0 Å². The van der Waals surface area contributed by atoms with Crippen LogP contribution in [0.5, 0.6) is 0 Å². The molecule has 19 heavy (non-hydrogen) atoms. The van der Waals surface area contributed by atoms with Crippen molar-refractivity contribution in [3.8, 4) is 0 Å². The number of rotatable bonds is 2. The highest BCUT2D eigenvalue weighted by Gasteiger charge is 2.57. The van der Waals surface area contributed by atoms with E-state index in [1.807, 2.05) is 41.5 Å². The Kier molecular flexibility index (Phi) is 3.86. The first-order valence-corrected chi connectivity index (χ1v) is 7.90. The Morgan fingerprint density at radius 1 is 1.21 bits per heavy atom. The molecule has 2 rings (SSSR count). The zero-order valence-corrected chi connectivity index (χ0v) is 13.3. The van der Waals surface area contributed by atoms with Crippen molar-refractivity contribution in [3.63, 3.8) is 0 Å². The fourth-order valence-electron chi connectivity index (χ4n) is 2.64. The lowest BCUT2D eigenvalue weighted by atomic mass is 10.0. The average Bonchev–Trinajstić information content (AvgIpc) is 2.66. The smallest absolute Gasteiger partial charge is 0.163 e. The molecule has 1 heterocycles. The number of aliphatic hydroxyl groups is 1. The number of fused-ring (bicyclic) bond motifs is 1. The molecule has 0 aromatic heterocycles. The van der Waals surface area contributed by atoms with Gasteiger partial charge in [0.25, 0.3) is 0 Å². The highest BCUT2D eigenvalue weighted by Crippen LogP contribution is 2.41. The van der Waals surface area contributed by atoms with Crippen molar-refractivity contribution in [2.24, 2.45) is 5.92 Å². The summed E-state index contributed by atoms with van der Waals surface area (Å²) in [5.74, 6) is -0.753. The van der Waals surface area contributed by atoms with Crippen LogP contribution in [-0.2, 0) is 20.5 Å². The van der Waals surface area contributed by atoms with Gasteiger partial charge in [0.15, 0.2) is 5.79 Å². The minimum atomic E-state index is -1.19. The molecule has 1 saturated heterocycles. The largest absolute Gasteiger partial charge is 0.390 e. The molecule has 0 amide bonds. The predicted molar refractivity (Wildman–Crippen MR) is 73.8 cm³/mol. The van der Waals surface area contributed by atoms with Gasteiger partial charge in [0.2, 0.25) is 0 Å². The van der Waals surface area contributed by atoms with Crippen LogP contribution in [-0.4, -0.2) is 44.2 Å². The Morgan fingerprint density at radius 3 is 2.26 bits per heavy atom. The second-order valence-corrected chi connectivity index (χ2v) is 8.94. The molecule has 0 radical (unpaired) electrons. The lowest BCUT2D eigenvalue weighted by Gasteiger charge is -2.29. The van der Waals surface area contributed by atoms with Gasteiger partial charge in [0.1, 0.15) is 12.2 Å². The molecule has 5 nitrogen and oxygen atoms in total. The van der Waals surface area contributed by atoms with Crippen molar-refractivity contribution in [3.05, 3.63) is 0 Å². The molecule has 0 aromatic carbocycles. The summed E-state index contributed by atoms with van der Waals surface area (Å²) in [7, 11) is -1.19. The molecule has 0 spiro atoms. The summed E-state index contributed by atoms with van der Waals surface area (Å²) in [6.07, 6.45) is -1.20. The van der Waals surface area contributed by atoms with Crippen LogP contribution in [0, 0.1) is 5.92 Å². The van der Waals surface area contributed by atoms with Gasteiger partial charge in [-0.2, -0.15) is 0 Å². The van der Waals surface area contributed by atoms with E-state index in [9.17, 15) is 9.32 Å². The summed E-state index contributed by atoms with van der Waals surface area (Å²) in [6.45, 7) is 11.3. The molecule has 1 saturated carbocycles. The Labute approximate surface area is 117 Å². The molecule has 0 bridgehead atoms. The summed E-state index contributed by atoms with van der Waals surface area (Å²) in [5, 5.41) is 10.2. The van der Waals surface area contributed by atoms with Crippen molar-refractivity contribution in [1.82, 2.24) is 4.72 Å². The van der Waals surface area contributed by atoms with E-state index >= 15 is 0 Å². The minimum absolute atomic E-state index is 0.0580.